The van der Waals surface area contributed by atoms with Gasteiger partial charge in [-0.3, -0.25) is 4.21 Å². The molecule has 0 aliphatic heterocycles. The Balaban J connectivity index is 1.66. The molecule has 22 heavy (non-hydrogen) atoms. The van der Waals surface area contributed by atoms with Crippen LogP contribution in [0.3, 0.4) is 0 Å². The van der Waals surface area contributed by atoms with Crippen LogP contribution in [-0.4, -0.2) is 9.19 Å². The summed E-state index contributed by atoms with van der Waals surface area (Å²) in [7, 11) is -1.16. The molecule has 0 amide bonds. The third kappa shape index (κ3) is 3.68. The molecule has 0 saturated heterocycles. The van der Waals surface area contributed by atoms with Crippen molar-refractivity contribution in [1.82, 2.24) is 4.98 Å². The molecule has 0 saturated carbocycles. The van der Waals surface area contributed by atoms with Gasteiger partial charge in [0.1, 0.15) is 12.1 Å². The molecule has 0 N–H and O–H groups in total. The van der Waals surface area contributed by atoms with Crippen molar-refractivity contribution in [1.29, 1.82) is 0 Å². The van der Waals surface area contributed by atoms with Crippen molar-refractivity contribution in [2.45, 2.75) is 11.5 Å². The van der Waals surface area contributed by atoms with Crippen LogP contribution in [0.1, 0.15) is 11.3 Å². The molecule has 1 heterocycles. The fraction of sp³-hybridized carbons (Fsp3) is 0.118. The molecule has 1 unspecified atom stereocenters. The lowest BCUT2D eigenvalue weighted by Crippen LogP contribution is -2.00. The molecule has 3 nitrogen and oxygen atoms in total. The van der Waals surface area contributed by atoms with Gasteiger partial charge in [-0.15, -0.1) is 0 Å². The Kier molecular flexibility index (Phi) is 4.44. The maximum absolute atomic E-state index is 13.1. The lowest BCUT2D eigenvalue weighted by Gasteiger charge is -2.00. The summed E-state index contributed by atoms with van der Waals surface area (Å²) in [6.45, 7) is 0. The minimum atomic E-state index is -1.16. The topological polar surface area (TPSA) is 43.1 Å². The van der Waals surface area contributed by atoms with Gasteiger partial charge < -0.3 is 4.42 Å². The predicted octanol–water partition coefficient (Wildman–Crippen LogP) is 3.93. The predicted molar refractivity (Wildman–Crippen MR) is 83.9 cm³/mol. The number of halogens is 1. The van der Waals surface area contributed by atoms with Gasteiger partial charge in [0.2, 0.25) is 5.89 Å². The van der Waals surface area contributed by atoms with Crippen LogP contribution in [0.15, 0.2) is 65.3 Å². The van der Waals surface area contributed by atoms with Crippen molar-refractivity contribution in [2.75, 3.05) is 0 Å². The highest BCUT2D eigenvalue weighted by molar-refractivity contribution is 7.83. The first-order valence-corrected chi connectivity index (χ1v) is 8.29. The van der Waals surface area contributed by atoms with Gasteiger partial charge in [-0.05, 0) is 29.8 Å². The van der Waals surface area contributed by atoms with E-state index < -0.39 is 10.8 Å². The van der Waals surface area contributed by atoms with Crippen LogP contribution < -0.4 is 0 Å². The van der Waals surface area contributed by atoms with Crippen molar-refractivity contribution in [3.05, 3.63) is 77.9 Å². The molecule has 3 rings (SSSR count). The Labute approximate surface area is 130 Å². The highest BCUT2D eigenvalue weighted by Crippen LogP contribution is 2.19. The lowest BCUT2D eigenvalue weighted by atomic mass is 10.2. The number of hydrogen-bond donors (Lipinski definition) is 0. The number of oxazole rings is 1. The van der Waals surface area contributed by atoms with Crippen molar-refractivity contribution < 1.29 is 13.0 Å². The average Bonchev–Trinajstić information content (AvgIpc) is 2.96. The first-order chi connectivity index (χ1) is 10.7. The van der Waals surface area contributed by atoms with Gasteiger partial charge in [-0.25, -0.2) is 9.37 Å². The van der Waals surface area contributed by atoms with Gasteiger partial charge in [-0.2, -0.15) is 0 Å². The Bertz CT molecular complexity index is 786. The average molecular weight is 315 g/mol. The molecular weight excluding hydrogens is 301 g/mol. The van der Waals surface area contributed by atoms with Crippen LogP contribution in [0.25, 0.3) is 11.5 Å². The third-order valence-electron chi connectivity index (χ3n) is 3.10. The molecular formula is C17H14FNO2S. The summed E-state index contributed by atoms with van der Waals surface area (Å²) >= 11 is 0. The zero-order valence-corrected chi connectivity index (χ0v) is 12.6. The molecule has 3 aromatic rings. The zero-order valence-electron chi connectivity index (χ0n) is 11.7. The Morgan fingerprint density at radius 2 is 1.86 bits per heavy atom. The molecule has 0 bridgehead atoms. The SMILES string of the molecule is O=S(Cc1cccc(F)c1)Cc1coc(-c2ccccc2)n1. The first kappa shape index (κ1) is 14.7. The summed E-state index contributed by atoms with van der Waals surface area (Å²) in [5, 5.41) is 0. The highest BCUT2D eigenvalue weighted by atomic mass is 32.2. The third-order valence-corrected chi connectivity index (χ3v) is 4.37. The molecule has 0 spiro atoms. The second kappa shape index (κ2) is 6.66. The van der Waals surface area contributed by atoms with Crippen molar-refractivity contribution in [2.24, 2.45) is 0 Å². The van der Waals surface area contributed by atoms with E-state index in [2.05, 4.69) is 4.98 Å². The summed E-state index contributed by atoms with van der Waals surface area (Å²) in [5.41, 5.74) is 2.23. The standard InChI is InChI=1S/C17H14FNO2S/c18-15-8-4-5-13(9-15)11-22(20)12-16-10-21-17(19-16)14-6-2-1-3-7-14/h1-10H,11-12H2. The Morgan fingerprint density at radius 1 is 1.05 bits per heavy atom. The molecule has 0 radical (unpaired) electrons. The number of rotatable bonds is 5. The molecule has 5 heteroatoms. The summed E-state index contributed by atoms with van der Waals surface area (Å²) in [6, 6.07) is 15.7. The van der Waals surface area contributed by atoms with Crippen LogP contribution in [-0.2, 0) is 22.3 Å². The summed E-state index contributed by atoms with van der Waals surface area (Å²) in [4.78, 5) is 4.35. The summed E-state index contributed by atoms with van der Waals surface area (Å²) < 4.78 is 30.7. The van der Waals surface area contributed by atoms with Gasteiger partial charge in [0.25, 0.3) is 0 Å². The second-order valence-corrected chi connectivity index (χ2v) is 6.33. The van der Waals surface area contributed by atoms with E-state index in [1.54, 1.807) is 12.1 Å². The van der Waals surface area contributed by atoms with Gasteiger partial charge in [0, 0.05) is 22.1 Å². The maximum atomic E-state index is 13.1. The lowest BCUT2D eigenvalue weighted by molar-refractivity contribution is 0.573. The first-order valence-electron chi connectivity index (χ1n) is 6.80. The molecule has 2 aromatic carbocycles. The van der Waals surface area contributed by atoms with E-state index in [4.69, 9.17) is 4.42 Å². The van der Waals surface area contributed by atoms with E-state index in [-0.39, 0.29) is 11.6 Å². The van der Waals surface area contributed by atoms with Crippen LogP contribution >= 0.6 is 0 Å². The largest absolute Gasteiger partial charge is 0.444 e. The fourth-order valence-corrected chi connectivity index (χ4v) is 3.23. The van der Waals surface area contributed by atoms with Gasteiger partial charge in [0.15, 0.2) is 0 Å². The van der Waals surface area contributed by atoms with Crippen molar-refractivity contribution in [3.8, 4) is 11.5 Å². The zero-order chi connectivity index (χ0) is 15.4. The smallest absolute Gasteiger partial charge is 0.226 e. The van der Waals surface area contributed by atoms with E-state index >= 15 is 0 Å². The van der Waals surface area contributed by atoms with Crippen LogP contribution in [0.5, 0.6) is 0 Å². The molecule has 1 aromatic heterocycles. The van der Waals surface area contributed by atoms with Crippen LogP contribution in [0, 0.1) is 5.82 Å². The number of hydrogen-bond acceptors (Lipinski definition) is 3. The van der Waals surface area contributed by atoms with E-state index in [9.17, 15) is 8.60 Å². The minimum absolute atomic E-state index is 0.285. The number of aromatic nitrogens is 1. The number of benzene rings is 2. The van der Waals surface area contributed by atoms with Crippen LogP contribution in [0.4, 0.5) is 4.39 Å². The molecule has 112 valence electrons. The number of nitrogens with zero attached hydrogens (tertiary/aromatic N) is 1. The van der Waals surface area contributed by atoms with Gasteiger partial charge in [0.05, 0.1) is 11.4 Å². The fourth-order valence-electron chi connectivity index (χ4n) is 2.12. The van der Waals surface area contributed by atoms with E-state index in [0.717, 1.165) is 5.56 Å². The minimum Gasteiger partial charge on any atom is -0.444 e. The quantitative estimate of drug-likeness (QED) is 0.716. The van der Waals surface area contributed by atoms with Crippen LogP contribution in [0.2, 0.25) is 0 Å². The van der Waals surface area contributed by atoms with Crippen molar-refractivity contribution in [3.63, 3.8) is 0 Å². The molecule has 0 fully saturated rings. The molecule has 0 aliphatic rings. The normalized spacial score (nSPS) is 12.2. The molecule has 0 aliphatic carbocycles. The van der Waals surface area contributed by atoms with Gasteiger partial charge in [-0.1, -0.05) is 30.3 Å². The molecule has 1 atom stereocenters. The maximum Gasteiger partial charge on any atom is 0.226 e. The van der Waals surface area contributed by atoms with Crippen molar-refractivity contribution >= 4 is 10.8 Å². The van der Waals surface area contributed by atoms with E-state index in [0.29, 0.717) is 22.9 Å². The Morgan fingerprint density at radius 3 is 2.64 bits per heavy atom. The summed E-state index contributed by atoms with van der Waals surface area (Å²) in [6.07, 6.45) is 1.52. The Hall–Kier alpha value is -2.27. The monoisotopic (exact) mass is 315 g/mol. The summed E-state index contributed by atoms with van der Waals surface area (Å²) in [5.74, 6) is 0.777. The van der Waals surface area contributed by atoms with E-state index in [1.165, 1.54) is 18.4 Å². The van der Waals surface area contributed by atoms with E-state index in [1.807, 2.05) is 30.3 Å². The van der Waals surface area contributed by atoms with Gasteiger partial charge >= 0.3 is 0 Å². The highest BCUT2D eigenvalue weighted by Gasteiger charge is 2.10. The second-order valence-electron chi connectivity index (χ2n) is 4.87.